The summed E-state index contributed by atoms with van der Waals surface area (Å²) >= 11 is 1.38. The van der Waals surface area contributed by atoms with Gasteiger partial charge in [0.25, 0.3) is 5.91 Å². The summed E-state index contributed by atoms with van der Waals surface area (Å²) in [5.74, 6) is -0.112. The topological polar surface area (TPSA) is 75.3 Å². The molecule has 0 unspecified atom stereocenters. The van der Waals surface area contributed by atoms with Gasteiger partial charge in [0.1, 0.15) is 0 Å². The summed E-state index contributed by atoms with van der Waals surface area (Å²) < 4.78 is 0. The van der Waals surface area contributed by atoms with Crippen LogP contribution in [-0.4, -0.2) is 23.4 Å². The van der Waals surface area contributed by atoms with Gasteiger partial charge in [-0.05, 0) is 68.4 Å². The van der Waals surface area contributed by atoms with Crippen LogP contribution in [0.2, 0.25) is 0 Å². The summed E-state index contributed by atoms with van der Waals surface area (Å²) in [6.45, 7) is 3.44. The highest BCUT2D eigenvalue weighted by atomic mass is 32.2. The maximum Gasteiger partial charge on any atom is 0.255 e. The Hall–Kier alpha value is -3.38. The SMILES string of the molecule is CC(=O)c1ccc(NC(=O)CSc2cccc(NC(=O)c3cccc(C)c3)c2)cc1. The average Bonchev–Trinajstić information content (AvgIpc) is 2.73. The fourth-order valence-corrected chi connectivity index (χ4v) is 3.54. The summed E-state index contributed by atoms with van der Waals surface area (Å²) in [4.78, 5) is 36.8. The van der Waals surface area contributed by atoms with Gasteiger partial charge in [-0.3, -0.25) is 14.4 Å². The number of Topliss-reactive ketones (excluding diaryl/α,β-unsaturated/α-hetero) is 1. The lowest BCUT2D eigenvalue weighted by molar-refractivity contribution is -0.113. The highest BCUT2D eigenvalue weighted by molar-refractivity contribution is 8.00. The van der Waals surface area contributed by atoms with Crippen molar-refractivity contribution in [3.05, 3.63) is 89.5 Å². The minimum atomic E-state index is -0.174. The molecular weight excluding hydrogens is 396 g/mol. The monoisotopic (exact) mass is 418 g/mol. The molecule has 3 aromatic carbocycles. The smallest absolute Gasteiger partial charge is 0.255 e. The van der Waals surface area contributed by atoms with E-state index in [9.17, 15) is 14.4 Å². The van der Waals surface area contributed by atoms with E-state index in [0.717, 1.165) is 10.5 Å². The Bertz CT molecular complexity index is 1080. The van der Waals surface area contributed by atoms with Gasteiger partial charge in [-0.2, -0.15) is 0 Å². The lowest BCUT2D eigenvalue weighted by Crippen LogP contribution is -2.14. The first kappa shape index (κ1) is 21.3. The maximum atomic E-state index is 12.4. The Balaban J connectivity index is 1.55. The van der Waals surface area contributed by atoms with Crippen LogP contribution in [0.1, 0.15) is 33.2 Å². The van der Waals surface area contributed by atoms with Crippen LogP contribution in [0.3, 0.4) is 0 Å². The van der Waals surface area contributed by atoms with Gasteiger partial charge in [0.2, 0.25) is 5.91 Å². The third kappa shape index (κ3) is 6.06. The minimum Gasteiger partial charge on any atom is -0.325 e. The number of nitrogens with one attached hydrogen (secondary N) is 2. The molecule has 0 aliphatic rings. The number of amides is 2. The molecule has 30 heavy (non-hydrogen) atoms. The molecule has 2 N–H and O–H groups in total. The van der Waals surface area contributed by atoms with E-state index < -0.39 is 0 Å². The molecule has 0 aliphatic heterocycles. The molecule has 3 rings (SSSR count). The second-order valence-corrected chi connectivity index (χ2v) is 7.87. The van der Waals surface area contributed by atoms with E-state index in [0.29, 0.717) is 22.5 Å². The van der Waals surface area contributed by atoms with Crippen molar-refractivity contribution in [1.29, 1.82) is 0 Å². The number of thioether (sulfide) groups is 1. The van der Waals surface area contributed by atoms with E-state index in [2.05, 4.69) is 10.6 Å². The van der Waals surface area contributed by atoms with Crippen LogP contribution in [0.5, 0.6) is 0 Å². The summed E-state index contributed by atoms with van der Waals surface area (Å²) in [6.07, 6.45) is 0. The van der Waals surface area contributed by atoms with Gasteiger partial charge >= 0.3 is 0 Å². The van der Waals surface area contributed by atoms with Crippen LogP contribution >= 0.6 is 11.8 Å². The number of hydrogen-bond acceptors (Lipinski definition) is 4. The summed E-state index contributed by atoms with van der Waals surface area (Å²) in [5, 5.41) is 5.70. The number of rotatable bonds is 7. The van der Waals surface area contributed by atoms with E-state index in [1.54, 1.807) is 30.3 Å². The van der Waals surface area contributed by atoms with E-state index in [1.807, 2.05) is 49.4 Å². The van der Waals surface area contributed by atoms with Crippen molar-refractivity contribution in [1.82, 2.24) is 0 Å². The molecular formula is C24H22N2O3S. The molecule has 0 saturated heterocycles. The van der Waals surface area contributed by atoms with Gasteiger partial charge in [-0.25, -0.2) is 0 Å². The fraction of sp³-hybridized carbons (Fsp3) is 0.125. The van der Waals surface area contributed by atoms with Crippen LogP contribution < -0.4 is 10.6 Å². The molecule has 0 fully saturated rings. The Morgan fingerprint density at radius 2 is 1.53 bits per heavy atom. The normalized spacial score (nSPS) is 10.3. The molecule has 5 nitrogen and oxygen atoms in total. The zero-order valence-corrected chi connectivity index (χ0v) is 17.6. The van der Waals surface area contributed by atoms with Crippen LogP contribution in [0.15, 0.2) is 77.7 Å². The first-order chi connectivity index (χ1) is 14.4. The largest absolute Gasteiger partial charge is 0.325 e. The zero-order valence-electron chi connectivity index (χ0n) is 16.8. The van der Waals surface area contributed by atoms with Gasteiger partial charge in [0.15, 0.2) is 5.78 Å². The number of hydrogen-bond donors (Lipinski definition) is 2. The van der Waals surface area contributed by atoms with E-state index in [1.165, 1.54) is 18.7 Å². The van der Waals surface area contributed by atoms with Gasteiger partial charge in [-0.1, -0.05) is 23.8 Å². The zero-order chi connectivity index (χ0) is 21.5. The molecule has 0 atom stereocenters. The second-order valence-electron chi connectivity index (χ2n) is 6.82. The van der Waals surface area contributed by atoms with Crippen molar-refractivity contribution in [3.63, 3.8) is 0 Å². The van der Waals surface area contributed by atoms with Gasteiger partial charge < -0.3 is 10.6 Å². The van der Waals surface area contributed by atoms with Crippen molar-refractivity contribution in [2.24, 2.45) is 0 Å². The van der Waals surface area contributed by atoms with E-state index >= 15 is 0 Å². The molecule has 2 amide bonds. The number of benzene rings is 3. The first-order valence-corrected chi connectivity index (χ1v) is 10.4. The number of ketones is 1. The number of carbonyl (C=O) groups is 3. The third-order valence-corrected chi connectivity index (χ3v) is 5.31. The predicted octanol–water partition coefficient (Wildman–Crippen LogP) is 5.18. The van der Waals surface area contributed by atoms with Crippen molar-refractivity contribution < 1.29 is 14.4 Å². The Morgan fingerprint density at radius 3 is 2.23 bits per heavy atom. The predicted molar refractivity (Wildman–Crippen MR) is 121 cm³/mol. The van der Waals surface area contributed by atoms with E-state index in [4.69, 9.17) is 0 Å². The molecule has 0 spiro atoms. The van der Waals surface area contributed by atoms with Crippen molar-refractivity contribution >= 4 is 40.7 Å². The lowest BCUT2D eigenvalue weighted by atomic mass is 10.1. The molecule has 152 valence electrons. The fourth-order valence-electron chi connectivity index (χ4n) is 2.79. The van der Waals surface area contributed by atoms with Gasteiger partial charge in [0.05, 0.1) is 5.75 Å². The van der Waals surface area contributed by atoms with Gasteiger partial charge in [-0.15, -0.1) is 11.8 Å². The molecule has 0 radical (unpaired) electrons. The quantitative estimate of drug-likeness (QED) is 0.409. The van der Waals surface area contributed by atoms with Crippen LogP contribution in [0.25, 0.3) is 0 Å². The van der Waals surface area contributed by atoms with Crippen LogP contribution in [0.4, 0.5) is 11.4 Å². The van der Waals surface area contributed by atoms with Crippen LogP contribution in [0, 0.1) is 6.92 Å². The van der Waals surface area contributed by atoms with Crippen LogP contribution in [-0.2, 0) is 4.79 Å². The minimum absolute atomic E-state index is 0.0159. The van der Waals surface area contributed by atoms with Gasteiger partial charge in [0, 0.05) is 27.4 Å². The molecule has 0 aromatic heterocycles. The second kappa shape index (κ2) is 9.89. The Morgan fingerprint density at radius 1 is 0.800 bits per heavy atom. The molecule has 3 aromatic rings. The third-order valence-electron chi connectivity index (χ3n) is 4.32. The number of carbonyl (C=O) groups excluding carboxylic acids is 3. The molecule has 6 heteroatoms. The Labute approximate surface area is 179 Å². The van der Waals surface area contributed by atoms with E-state index in [-0.39, 0.29) is 23.4 Å². The number of aryl methyl sites for hydroxylation is 1. The highest BCUT2D eigenvalue weighted by Crippen LogP contribution is 2.22. The van der Waals surface area contributed by atoms with Crippen molar-refractivity contribution in [2.75, 3.05) is 16.4 Å². The molecule has 0 heterocycles. The molecule has 0 saturated carbocycles. The molecule has 0 aliphatic carbocycles. The maximum absolute atomic E-state index is 12.4. The Kier molecular flexibility index (Phi) is 7.03. The van der Waals surface area contributed by atoms with Crippen molar-refractivity contribution in [3.8, 4) is 0 Å². The summed E-state index contributed by atoms with van der Waals surface area (Å²) in [6, 6.07) is 21.6. The summed E-state index contributed by atoms with van der Waals surface area (Å²) in [7, 11) is 0. The molecule has 0 bridgehead atoms. The summed E-state index contributed by atoms with van der Waals surface area (Å²) in [5.41, 5.74) is 3.54. The average molecular weight is 419 g/mol. The first-order valence-electron chi connectivity index (χ1n) is 9.42. The van der Waals surface area contributed by atoms with Crippen molar-refractivity contribution in [2.45, 2.75) is 18.7 Å². The number of anilines is 2. The highest BCUT2D eigenvalue weighted by Gasteiger charge is 2.08. The lowest BCUT2D eigenvalue weighted by Gasteiger charge is -2.09. The standard InChI is InChI=1S/C24H22N2O3S/c1-16-5-3-6-19(13-16)24(29)26-21-7-4-8-22(14-21)30-15-23(28)25-20-11-9-18(10-12-20)17(2)27/h3-14H,15H2,1-2H3,(H,25,28)(H,26,29).